The Kier molecular flexibility index (Phi) is 2.12. The van der Waals surface area contributed by atoms with Crippen LogP contribution in [0.4, 0.5) is 5.69 Å². The summed E-state index contributed by atoms with van der Waals surface area (Å²) in [4.78, 5) is 4.04. The van der Waals surface area contributed by atoms with Gasteiger partial charge in [0.1, 0.15) is 0 Å². The Morgan fingerprint density at radius 1 is 1.27 bits per heavy atom. The largest absolute Gasteiger partial charge is 0.398 e. The lowest BCUT2D eigenvalue weighted by Crippen LogP contribution is -2.02. The van der Waals surface area contributed by atoms with Crippen LogP contribution in [0.25, 0.3) is 10.9 Å². The zero-order valence-corrected chi connectivity index (χ0v) is 8.95. The van der Waals surface area contributed by atoms with Crippen molar-refractivity contribution >= 4 is 26.4 Å². The molecule has 1 aromatic carbocycles. The molecule has 0 amide bonds. The fraction of sp³-hybridized carbons (Fsp3) is 0.100. The summed E-state index contributed by atoms with van der Waals surface area (Å²) in [7, 11) is -3.31. The first-order chi connectivity index (χ1) is 6.98. The monoisotopic (exact) mass is 222 g/mol. The van der Waals surface area contributed by atoms with Crippen LogP contribution in [0.15, 0.2) is 35.4 Å². The quantitative estimate of drug-likeness (QED) is 0.787. The summed E-state index contributed by atoms with van der Waals surface area (Å²) in [5.41, 5.74) is 6.78. The number of benzene rings is 1. The van der Waals surface area contributed by atoms with E-state index in [1.165, 1.54) is 6.07 Å². The number of pyridine rings is 1. The van der Waals surface area contributed by atoms with E-state index >= 15 is 0 Å². The van der Waals surface area contributed by atoms with Gasteiger partial charge in [-0.2, -0.15) is 0 Å². The first-order valence-corrected chi connectivity index (χ1v) is 6.23. The predicted molar refractivity (Wildman–Crippen MR) is 59.3 cm³/mol. The number of anilines is 1. The second kappa shape index (κ2) is 3.20. The first-order valence-electron chi connectivity index (χ1n) is 4.34. The fourth-order valence-corrected chi connectivity index (χ4v) is 1.97. The highest BCUT2D eigenvalue weighted by atomic mass is 32.2. The van der Waals surface area contributed by atoms with Crippen molar-refractivity contribution in [3.63, 3.8) is 0 Å². The van der Waals surface area contributed by atoms with Gasteiger partial charge in [0.05, 0.1) is 5.52 Å². The number of sulfone groups is 1. The van der Waals surface area contributed by atoms with Gasteiger partial charge in [-0.1, -0.05) is 18.2 Å². The van der Waals surface area contributed by atoms with E-state index < -0.39 is 9.84 Å². The lowest BCUT2D eigenvalue weighted by Gasteiger charge is -2.04. The lowest BCUT2D eigenvalue weighted by molar-refractivity contribution is 0.599. The van der Waals surface area contributed by atoms with E-state index in [4.69, 9.17) is 5.73 Å². The average molecular weight is 222 g/mol. The van der Waals surface area contributed by atoms with Gasteiger partial charge in [0.15, 0.2) is 14.9 Å². The third kappa shape index (κ3) is 1.78. The number of para-hydroxylation sites is 1. The van der Waals surface area contributed by atoms with Gasteiger partial charge in [-0.25, -0.2) is 13.4 Å². The summed E-state index contributed by atoms with van der Waals surface area (Å²) in [6, 6.07) is 8.56. The summed E-state index contributed by atoms with van der Waals surface area (Å²) in [6.45, 7) is 0. The molecular formula is C10H10N2O2S. The molecule has 0 spiro atoms. The molecule has 0 aliphatic carbocycles. The standard InChI is InChI=1S/C10H10N2O2S/c1-15(13,14)10-6-8(11)7-4-2-3-5-9(7)12-10/h2-6H,1H3,(H2,11,12). The molecule has 4 nitrogen and oxygen atoms in total. The fourth-order valence-electron chi connectivity index (χ4n) is 1.37. The molecule has 5 heteroatoms. The summed E-state index contributed by atoms with van der Waals surface area (Å²) in [5, 5.41) is 0.781. The van der Waals surface area contributed by atoms with Crippen molar-refractivity contribution in [1.82, 2.24) is 4.98 Å². The second-order valence-electron chi connectivity index (χ2n) is 3.34. The average Bonchev–Trinajstić information content (AvgIpc) is 2.16. The molecule has 0 fully saturated rings. The maximum absolute atomic E-state index is 11.3. The molecule has 0 atom stereocenters. The molecule has 78 valence electrons. The Bertz CT molecular complexity index is 620. The highest BCUT2D eigenvalue weighted by molar-refractivity contribution is 7.90. The Morgan fingerprint density at radius 3 is 2.60 bits per heavy atom. The topological polar surface area (TPSA) is 73.0 Å². The third-order valence-electron chi connectivity index (χ3n) is 2.10. The van der Waals surface area contributed by atoms with E-state index in [1.54, 1.807) is 12.1 Å². The van der Waals surface area contributed by atoms with Crippen LogP contribution in [0, 0.1) is 0 Å². The molecule has 0 unspecified atom stereocenters. The van der Waals surface area contributed by atoms with Gasteiger partial charge in [-0.3, -0.25) is 0 Å². The molecule has 1 heterocycles. The zero-order chi connectivity index (χ0) is 11.1. The van der Waals surface area contributed by atoms with Gasteiger partial charge in [-0.15, -0.1) is 0 Å². The molecule has 0 saturated heterocycles. The minimum absolute atomic E-state index is 0.0127. The second-order valence-corrected chi connectivity index (χ2v) is 5.30. The van der Waals surface area contributed by atoms with Gasteiger partial charge in [-0.05, 0) is 12.1 Å². The molecule has 0 aliphatic rings. The van der Waals surface area contributed by atoms with Gasteiger partial charge < -0.3 is 5.73 Å². The SMILES string of the molecule is CS(=O)(=O)c1cc(N)c2ccccc2n1. The first kappa shape index (κ1) is 9.92. The number of fused-ring (bicyclic) bond motifs is 1. The van der Waals surface area contributed by atoms with Gasteiger partial charge in [0.2, 0.25) is 0 Å². The van der Waals surface area contributed by atoms with E-state index in [0.717, 1.165) is 11.6 Å². The molecule has 2 aromatic rings. The van der Waals surface area contributed by atoms with Crippen LogP contribution in [0.2, 0.25) is 0 Å². The molecule has 0 radical (unpaired) electrons. The summed E-state index contributed by atoms with van der Waals surface area (Å²) in [6.07, 6.45) is 1.11. The highest BCUT2D eigenvalue weighted by Crippen LogP contribution is 2.21. The number of rotatable bonds is 1. The molecule has 0 aliphatic heterocycles. The van der Waals surface area contributed by atoms with Crippen LogP contribution in [0.5, 0.6) is 0 Å². The lowest BCUT2D eigenvalue weighted by atomic mass is 10.2. The van der Waals surface area contributed by atoms with Gasteiger partial charge >= 0.3 is 0 Å². The van der Waals surface area contributed by atoms with Gasteiger partial charge in [0.25, 0.3) is 0 Å². The van der Waals surface area contributed by atoms with Crippen molar-refractivity contribution in [3.05, 3.63) is 30.3 Å². The maximum Gasteiger partial charge on any atom is 0.192 e. The summed E-state index contributed by atoms with van der Waals surface area (Å²) in [5.74, 6) is 0. The number of hydrogen-bond donors (Lipinski definition) is 1. The molecule has 2 rings (SSSR count). The van der Waals surface area contributed by atoms with Crippen molar-refractivity contribution in [1.29, 1.82) is 0 Å². The van der Waals surface area contributed by atoms with Crippen molar-refractivity contribution in [2.75, 3.05) is 12.0 Å². The van der Waals surface area contributed by atoms with E-state index in [0.29, 0.717) is 11.2 Å². The Labute approximate surface area is 87.7 Å². The number of nitrogen functional groups attached to an aromatic ring is 1. The van der Waals surface area contributed by atoms with Crippen molar-refractivity contribution in [2.45, 2.75) is 5.03 Å². The minimum Gasteiger partial charge on any atom is -0.398 e. The van der Waals surface area contributed by atoms with E-state index in [1.807, 2.05) is 12.1 Å². The Morgan fingerprint density at radius 2 is 1.93 bits per heavy atom. The van der Waals surface area contributed by atoms with Crippen LogP contribution >= 0.6 is 0 Å². The molecule has 1 aromatic heterocycles. The van der Waals surface area contributed by atoms with Crippen molar-refractivity contribution in [2.24, 2.45) is 0 Å². The Hall–Kier alpha value is -1.62. The number of nitrogens with two attached hydrogens (primary N) is 1. The zero-order valence-electron chi connectivity index (χ0n) is 8.14. The van der Waals surface area contributed by atoms with E-state index in [9.17, 15) is 8.42 Å². The number of hydrogen-bond acceptors (Lipinski definition) is 4. The van der Waals surface area contributed by atoms with E-state index in [-0.39, 0.29) is 5.03 Å². The van der Waals surface area contributed by atoms with Crippen LogP contribution < -0.4 is 5.73 Å². The molecule has 0 bridgehead atoms. The number of nitrogens with zero attached hydrogens (tertiary/aromatic N) is 1. The maximum atomic E-state index is 11.3. The van der Waals surface area contributed by atoms with Gasteiger partial charge in [0, 0.05) is 17.3 Å². The Balaban J connectivity index is 2.85. The van der Waals surface area contributed by atoms with Crippen LogP contribution in [-0.2, 0) is 9.84 Å². The molecule has 15 heavy (non-hydrogen) atoms. The smallest absolute Gasteiger partial charge is 0.192 e. The molecule has 2 N–H and O–H groups in total. The predicted octanol–water partition coefficient (Wildman–Crippen LogP) is 1.22. The van der Waals surface area contributed by atoms with Crippen LogP contribution in [0.1, 0.15) is 0 Å². The van der Waals surface area contributed by atoms with Crippen molar-refractivity contribution < 1.29 is 8.42 Å². The van der Waals surface area contributed by atoms with Crippen molar-refractivity contribution in [3.8, 4) is 0 Å². The van der Waals surface area contributed by atoms with Crippen LogP contribution in [0.3, 0.4) is 0 Å². The minimum atomic E-state index is -3.31. The summed E-state index contributed by atoms with van der Waals surface area (Å²) >= 11 is 0. The number of aromatic nitrogens is 1. The molecular weight excluding hydrogens is 212 g/mol. The van der Waals surface area contributed by atoms with E-state index in [2.05, 4.69) is 4.98 Å². The normalized spacial score (nSPS) is 11.8. The third-order valence-corrected chi connectivity index (χ3v) is 3.07. The summed E-state index contributed by atoms with van der Waals surface area (Å²) < 4.78 is 22.6. The molecule has 0 saturated carbocycles. The highest BCUT2D eigenvalue weighted by Gasteiger charge is 2.11. The van der Waals surface area contributed by atoms with Crippen LogP contribution in [-0.4, -0.2) is 19.7 Å².